The molecule has 0 aliphatic carbocycles. The van der Waals surface area contributed by atoms with E-state index in [-0.39, 0.29) is 0 Å². The standard InChI is InChI=1S/C13H15N2O/c1-2-6-13-14(9-10-15(13)16)11-12-7-4-3-5-8-12/h2-5,7-10,16H,1,6,11H2/q+1. The Morgan fingerprint density at radius 1 is 1.31 bits per heavy atom. The molecule has 1 aromatic carbocycles. The van der Waals surface area contributed by atoms with Crippen LogP contribution in [0.4, 0.5) is 0 Å². The summed E-state index contributed by atoms with van der Waals surface area (Å²) in [6, 6.07) is 10.2. The van der Waals surface area contributed by atoms with Gasteiger partial charge in [-0.1, -0.05) is 41.1 Å². The van der Waals surface area contributed by atoms with Crippen LogP contribution in [0.15, 0.2) is 55.4 Å². The second-order valence-corrected chi connectivity index (χ2v) is 3.67. The van der Waals surface area contributed by atoms with Gasteiger partial charge in [0.15, 0.2) is 6.20 Å². The maximum absolute atomic E-state index is 9.59. The third-order valence-electron chi connectivity index (χ3n) is 2.51. The van der Waals surface area contributed by atoms with E-state index in [2.05, 4.69) is 18.7 Å². The molecule has 0 atom stereocenters. The normalized spacial score (nSPS) is 10.2. The lowest BCUT2D eigenvalue weighted by Crippen LogP contribution is -2.37. The van der Waals surface area contributed by atoms with Crippen LogP contribution in [0.3, 0.4) is 0 Å². The largest absolute Gasteiger partial charge is 0.350 e. The summed E-state index contributed by atoms with van der Waals surface area (Å²) < 4.78 is 3.15. The number of rotatable bonds is 4. The molecule has 0 aliphatic rings. The minimum Gasteiger partial charge on any atom is -0.350 e. The Morgan fingerprint density at radius 2 is 2.06 bits per heavy atom. The van der Waals surface area contributed by atoms with Gasteiger partial charge < -0.3 is 5.21 Å². The van der Waals surface area contributed by atoms with Crippen molar-refractivity contribution in [1.29, 1.82) is 0 Å². The highest BCUT2D eigenvalue weighted by atomic mass is 16.5. The SMILES string of the molecule is C=CCc1n(O)cc[n+]1Cc1ccccc1. The Kier molecular flexibility index (Phi) is 3.05. The van der Waals surface area contributed by atoms with Crippen molar-refractivity contribution in [3.8, 4) is 0 Å². The minimum atomic E-state index is 0.649. The fourth-order valence-corrected chi connectivity index (χ4v) is 1.71. The Bertz CT molecular complexity index is 474. The molecule has 0 spiro atoms. The molecule has 2 aromatic rings. The van der Waals surface area contributed by atoms with E-state index in [1.54, 1.807) is 12.3 Å². The summed E-state index contributed by atoms with van der Waals surface area (Å²) in [6.45, 7) is 4.45. The zero-order chi connectivity index (χ0) is 11.4. The number of hydrogen-bond acceptors (Lipinski definition) is 1. The molecule has 0 saturated heterocycles. The second-order valence-electron chi connectivity index (χ2n) is 3.67. The van der Waals surface area contributed by atoms with Crippen LogP contribution >= 0.6 is 0 Å². The summed E-state index contributed by atoms with van der Waals surface area (Å²) in [5, 5.41) is 9.59. The van der Waals surface area contributed by atoms with Crippen LogP contribution in [0.25, 0.3) is 0 Å². The van der Waals surface area contributed by atoms with Crippen LogP contribution in [0.5, 0.6) is 0 Å². The second kappa shape index (κ2) is 4.66. The molecule has 3 heteroatoms. The van der Waals surface area contributed by atoms with E-state index in [0.29, 0.717) is 6.42 Å². The van der Waals surface area contributed by atoms with E-state index >= 15 is 0 Å². The molecule has 0 radical (unpaired) electrons. The molecule has 16 heavy (non-hydrogen) atoms. The van der Waals surface area contributed by atoms with Gasteiger partial charge in [0.05, 0.1) is 6.42 Å². The molecule has 1 N–H and O–H groups in total. The van der Waals surface area contributed by atoms with Gasteiger partial charge in [-0.3, -0.25) is 0 Å². The molecule has 1 aromatic heterocycles. The molecule has 1 heterocycles. The lowest BCUT2D eigenvalue weighted by Gasteiger charge is -2.00. The van der Waals surface area contributed by atoms with E-state index in [1.807, 2.05) is 29.0 Å². The van der Waals surface area contributed by atoms with E-state index in [0.717, 1.165) is 17.1 Å². The van der Waals surface area contributed by atoms with Crippen molar-refractivity contribution in [3.05, 3.63) is 66.8 Å². The Labute approximate surface area is 94.9 Å². The van der Waals surface area contributed by atoms with Crippen molar-refractivity contribution in [2.24, 2.45) is 0 Å². The van der Waals surface area contributed by atoms with Gasteiger partial charge in [0.2, 0.25) is 0 Å². The first-order chi connectivity index (χ1) is 7.81. The third kappa shape index (κ3) is 2.14. The highest BCUT2D eigenvalue weighted by Gasteiger charge is 2.14. The van der Waals surface area contributed by atoms with Gasteiger partial charge in [0.25, 0.3) is 5.82 Å². The molecule has 0 saturated carbocycles. The molecule has 0 bridgehead atoms. The fourth-order valence-electron chi connectivity index (χ4n) is 1.71. The number of aromatic nitrogens is 2. The topological polar surface area (TPSA) is 29.0 Å². The van der Waals surface area contributed by atoms with Crippen LogP contribution < -0.4 is 4.57 Å². The molecule has 82 valence electrons. The average molecular weight is 215 g/mol. The molecule has 3 nitrogen and oxygen atoms in total. The van der Waals surface area contributed by atoms with Gasteiger partial charge in [0, 0.05) is 0 Å². The number of allylic oxidation sites excluding steroid dienone is 1. The lowest BCUT2D eigenvalue weighted by molar-refractivity contribution is -0.696. The fraction of sp³-hybridized carbons (Fsp3) is 0.154. The van der Waals surface area contributed by atoms with Crippen LogP contribution in [0, 0.1) is 0 Å². The number of hydrogen-bond donors (Lipinski definition) is 1. The zero-order valence-corrected chi connectivity index (χ0v) is 9.08. The van der Waals surface area contributed by atoms with Crippen molar-refractivity contribution in [1.82, 2.24) is 4.73 Å². The number of benzene rings is 1. The van der Waals surface area contributed by atoms with Crippen molar-refractivity contribution in [2.75, 3.05) is 0 Å². The quantitative estimate of drug-likeness (QED) is 0.470. The van der Waals surface area contributed by atoms with Gasteiger partial charge >= 0.3 is 0 Å². The molecule has 2 rings (SSSR count). The first-order valence-corrected chi connectivity index (χ1v) is 5.25. The Morgan fingerprint density at radius 3 is 2.75 bits per heavy atom. The predicted octanol–water partition coefficient (Wildman–Crippen LogP) is 1.79. The van der Waals surface area contributed by atoms with Gasteiger partial charge in [-0.05, 0) is 5.56 Å². The third-order valence-corrected chi connectivity index (χ3v) is 2.51. The first-order valence-electron chi connectivity index (χ1n) is 5.25. The van der Waals surface area contributed by atoms with Crippen molar-refractivity contribution in [3.63, 3.8) is 0 Å². The maximum atomic E-state index is 9.59. The predicted molar refractivity (Wildman–Crippen MR) is 61.3 cm³/mol. The first kappa shape index (κ1) is 10.5. The highest BCUT2D eigenvalue weighted by molar-refractivity contribution is 5.13. The van der Waals surface area contributed by atoms with Crippen molar-refractivity contribution >= 4 is 0 Å². The van der Waals surface area contributed by atoms with Gasteiger partial charge in [-0.25, -0.2) is 4.57 Å². The summed E-state index contributed by atoms with van der Waals surface area (Å²) >= 11 is 0. The summed E-state index contributed by atoms with van der Waals surface area (Å²) in [5.74, 6) is 0.832. The highest BCUT2D eigenvalue weighted by Crippen LogP contribution is 2.00. The molecule has 0 aliphatic heterocycles. The Hall–Kier alpha value is -2.03. The van der Waals surface area contributed by atoms with Crippen molar-refractivity contribution < 1.29 is 9.77 Å². The molecule has 0 fully saturated rings. The maximum Gasteiger partial charge on any atom is 0.300 e. The minimum absolute atomic E-state index is 0.649. The van der Waals surface area contributed by atoms with E-state index in [4.69, 9.17) is 0 Å². The number of nitrogens with zero attached hydrogens (tertiary/aromatic N) is 2. The van der Waals surface area contributed by atoms with Crippen LogP contribution in [-0.2, 0) is 13.0 Å². The lowest BCUT2D eigenvalue weighted by atomic mass is 10.2. The average Bonchev–Trinajstić information content (AvgIpc) is 2.64. The van der Waals surface area contributed by atoms with E-state index in [9.17, 15) is 5.21 Å². The van der Waals surface area contributed by atoms with Crippen LogP contribution in [-0.4, -0.2) is 9.94 Å². The smallest absolute Gasteiger partial charge is 0.300 e. The zero-order valence-electron chi connectivity index (χ0n) is 9.08. The molecule has 0 amide bonds. The van der Waals surface area contributed by atoms with Gasteiger partial charge in [-0.15, -0.1) is 6.58 Å². The Balaban J connectivity index is 2.24. The van der Waals surface area contributed by atoms with Crippen molar-refractivity contribution in [2.45, 2.75) is 13.0 Å². The summed E-state index contributed by atoms with van der Waals surface area (Å²) in [5.41, 5.74) is 1.21. The van der Waals surface area contributed by atoms with Gasteiger partial charge in [0.1, 0.15) is 12.7 Å². The van der Waals surface area contributed by atoms with Crippen LogP contribution in [0.2, 0.25) is 0 Å². The molecular formula is C13H15N2O+. The molecule has 0 unspecified atom stereocenters. The van der Waals surface area contributed by atoms with E-state index in [1.165, 1.54) is 5.56 Å². The van der Waals surface area contributed by atoms with Gasteiger partial charge in [-0.2, -0.15) is 0 Å². The van der Waals surface area contributed by atoms with E-state index < -0.39 is 0 Å². The summed E-state index contributed by atoms with van der Waals surface area (Å²) in [7, 11) is 0. The molecular weight excluding hydrogens is 200 g/mol. The monoisotopic (exact) mass is 215 g/mol. The number of imidazole rings is 1. The summed E-state index contributed by atoms with van der Waals surface area (Å²) in [6.07, 6.45) is 5.94. The van der Waals surface area contributed by atoms with Crippen LogP contribution in [0.1, 0.15) is 11.4 Å². The summed E-state index contributed by atoms with van der Waals surface area (Å²) in [4.78, 5) is 0.